The third-order valence-electron chi connectivity index (χ3n) is 4.61. The molecule has 26 heavy (non-hydrogen) atoms. The Morgan fingerprint density at radius 1 is 1.23 bits per heavy atom. The molecule has 0 aliphatic heterocycles. The minimum Gasteiger partial charge on any atom is -0.495 e. The van der Waals surface area contributed by atoms with Crippen LogP contribution in [-0.4, -0.2) is 19.1 Å². The molecule has 4 nitrogen and oxygen atoms in total. The van der Waals surface area contributed by atoms with Gasteiger partial charge in [0.05, 0.1) is 17.7 Å². The van der Waals surface area contributed by atoms with Gasteiger partial charge in [0, 0.05) is 22.7 Å². The number of amides is 1. The van der Waals surface area contributed by atoms with Gasteiger partial charge < -0.3 is 15.4 Å². The number of ether oxygens (including phenoxy) is 1. The molecule has 2 aromatic carbocycles. The molecule has 1 amide bonds. The Hall–Kier alpha value is -1.72. The van der Waals surface area contributed by atoms with E-state index in [0.29, 0.717) is 28.9 Å². The van der Waals surface area contributed by atoms with Crippen LogP contribution in [0.25, 0.3) is 0 Å². The second-order valence-corrected chi connectivity index (χ2v) is 7.79. The van der Waals surface area contributed by atoms with E-state index in [1.165, 1.54) is 12.8 Å². The molecule has 1 fully saturated rings. The van der Waals surface area contributed by atoms with Gasteiger partial charge in [0.25, 0.3) is 5.91 Å². The standard InChI is InChI=1S/C20H22BrClN2O2/c1-26-19-9-6-13(10-17(19)22)12-23-20(25)16-11-14(21)7-8-18(16)24-15-4-2-3-5-15/h6-11,15,24H,2-5,12H2,1H3,(H,23,25). The SMILES string of the molecule is COc1ccc(CNC(=O)c2cc(Br)ccc2NC2CCCC2)cc1Cl. The molecule has 0 bridgehead atoms. The van der Waals surface area contributed by atoms with E-state index in [-0.39, 0.29) is 5.91 Å². The number of carbonyl (C=O) groups excluding carboxylic acids is 1. The van der Waals surface area contributed by atoms with Crippen LogP contribution in [0.4, 0.5) is 5.69 Å². The van der Waals surface area contributed by atoms with E-state index >= 15 is 0 Å². The van der Waals surface area contributed by atoms with Crippen LogP contribution >= 0.6 is 27.5 Å². The number of hydrogen-bond donors (Lipinski definition) is 2. The lowest BCUT2D eigenvalue weighted by atomic mass is 10.1. The highest BCUT2D eigenvalue weighted by atomic mass is 79.9. The summed E-state index contributed by atoms with van der Waals surface area (Å²) in [5.41, 5.74) is 2.45. The van der Waals surface area contributed by atoms with Crippen LogP contribution in [0.2, 0.25) is 5.02 Å². The summed E-state index contributed by atoms with van der Waals surface area (Å²) in [6, 6.07) is 11.7. The molecule has 0 unspecified atom stereocenters. The molecule has 0 aromatic heterocycles. The van der Waals surface area contributed by atoms with Crippen molar-refractivity contribution in [1.29, 1.82) is 0 Å². The maximum Gasteiger partial charge on any atom is 0.253 e. The highest BCUT2D eigenvalue weighted by molar-refractivity contribution is 9.10. The van der Waals surface area contributed by atoms with Gasteiger partial charge in [0.2, 0.25) is 0 Å². The molecule has 1 aliphatic carbocycles. The van der Waals surface area contributed by atoms with Crippen LogP contribution in [0.5, 0.6) is 5.75 Å². The summed E-state index contributed by atoms with van der Waals surface area (Å²) < 4.78 is 6.04. The number of halogens is 2. The molecule has 6 heteroatoms. The molecular weight excluding hydrogens is 416 g/mol. The van der Waals surface area contributed by atoms with Gasteiger partial charge in [0.1, 0.15) is 5.75 Å². The molecule has 0 heterocycles. The zero-order chi connectivity index (χ0) is 18.5. The van der Waals surface area contributed by atoms with Crippen LogP contribution in [0.15, 0.2) is 40.9 Å². The van der Waals surface area contributed by atoms with Crippen molar-refractivity contribution in [2.24, 2.45) is 0 Å². The van der Waals surface area contributed by atoms with Gasteiger partial charge in [-0.1, -0.05) is 46.4 Å². The molecule has 0 spiro atoms. The number of anilines is 1. The molecule has 1 aliphatic rings. The second-order valence-electron chi connectivity index (χ2n) is 6.47. The topological polar surface area (TPSA) is 50.4 Å². The predicted molar refractivity (Wildman–Crippen MR) is 109 cm³/mol. The first kappa shape index (κ1) is 19.1. The number of hydrogen-bond acceptors (Lipinski definition) is 3. The zero-order valence-corrected chi connectivity index (χ0v) is 17.0. The van der Waals surface area contributed by atoms with Crippen LogP contribution in [0.3, 0.4) is 0 Å². The Labute approximate surface area is 167 Å². The second kappa shape index (κ2) is 8.78. The monoisotopic (exact) mass is 436 g/mol. The lowest BCUT2D eigenvalue weighted by Gasteiger charge is -2.17. The van der Waals surface area contributed by atoms with E-state index in [9.17, 15) is 4.79 Å². The van der Waals surface area contributed by atoms with Crippen molar-refractivity contribution in [1.82, 2.24) is 5.32 Å². The molecule has 1 saturated carbocycles. The molecule has 2 aromatic rings. The van der Waals surface area contributed by atoms with Crippen molar-refractivity contribution in [2.45, 2.75) is 38.3 Å². The maximum atomic E-state index is 12.7. The minimum atomic E-state index is -0.112. The summed E-state index contributed by atoms with van der Waals surface area (Å²) in [6.45, 7) is 0.401. The van der Waals surface area contributed by atoms with Gasteiger partial charge in [-0.05, 0) is 48.7 Å². The Kier molecular flexibility index (Phi) is 6.43. The normalized spacial score (nSPS) is 14.3. The van der Waals surface area contributed by atoms with Crippen LogP contribution in [0, 0.1) is 0 Å². The van der Waals surface area contributed by atoms with Crippen molar-refractivity contribution in [3.05, 3.63) is 57.0 Å². The number of carbonyl (C=O) groups is 1. The number of methoxy groups -OCH3 is 1. The lowest BCUT2D eigenvalue weighted by Crippen LogP contribution is -2.25. The lowest BCUT2D eigenvalue weighted by molar-refractivity contribution is 0.0951. The first-order chi connectivity index (χ1) is 12.6. The Morgan fingerprint density at radius 2 is 2.00 bits per heavy atom. The highest BCUT2D eigenvalue weighted by Crippen LogP contribution is 2.27. The quantitative estimate of drug-likeness (QED) is 0.636. The summed E-state index contributed by atoms with van der Waals surface area (Å²) >= 11 is 9.61. The van der Waals surface area contributed by atoms with Crippen LogP contribution in [0.1, 0.15) is 41.6 Å². The van der Waals surface area contributed by atoms with E-state index in [4.69, 9.17) is 16.3 Å². The van der Waals surface area contributed by atoms with E-state index in [0.717, 1.165) is 28.6 Å². The van der Waals surface area contributed by atoms with Crippen molar-refractivity contribution >= 4 is 39.1 Å². The maximum absolute atomic E-state index is 12.7. The molecule has 138 valence electrons. The fraction of sp³-hybridized carbons (Fsp3) is 0.350. The first-order valence-electron chi connectivity index (χ1n) is 8.73. The number of nitrogens with one attached hydrogen (secondary N) is 2. The van der Waals surface area contributed by atoms with Crippen LogP contribution in [-0.2, 0) is 6.54 Å². The third kappa shape index (κ3) is 4.71. The largest absolute Gasteiger partial charge is 0.495 e. The Bertz CT molecular complexity index is 791. The summed E-state index contributed by atoms with van der Waals surface area (Å²) in [5.74, 6) is 0.510. The smallest absolute Gasteiger partial charge is 0.253 e. The molecular formula is C20H22BrClN2O2. The van der Waals surface area contributed by atoms with Gasteiger partial charge in [-0.2, -0.15) is 0 Å². The fourth-order valence-corrected chi connectivity index (χ4v) is 3.86. The predicted octanol–water partition coefficient (Wildman–Crippen LogP) is 5.40. The molecule has 0 saturated heterocycles. The third-order valence-corrected chi connectivity index (χ3v) is 5.40. The summed E-state index contributed by atoms with van der Waals surface area (Å²) in [6.07, 6.45) is 4.80. The molecule has 3 rings (SSSR count). The van der Waals surface area contributed by atoms with E-state index in [1.807, 2.05) is 24.3 Å². The summed E-state index contributed by atoms with van der Waals surface area (Å²) in [4.78, 5) is 12.7. The summed E-state index contributed by atoms with van der Waals surface area (Å²) in [7, 11) is 1.58. The van der Waals surface area contributed by atoms with Gasteiger partial charge in [-0.15, -0.1) is 0 Å². The van der Waals surface area contributed by atoms with Gasteiger partial charge >= 0.3 is 0 Å². The molecule has 0 atom stereocenters. The van der Waals surface area contributed by atoms with Crippen LogP contribution < -0.4 is 15.4 Å². The Morgan fingerprint density at radius 3 is 2.69 bits per heavy atom. The van der Waals surface area contributed by atoms with Crippen molar-refractivity contribution < 1.29 is 9.53 Å². The van der Waals surface area contributed by atoms with Crippen molar-refractivity contribution in [2.75, 3.05) is 12.4 Å². The van der Waals surface area contributed by atoms with E-state index in [2.05, 4.69) is 26.6 Å². The van der Waals surface area contributed by atoms with Crippen molar-refractivity contribution in [3.8, 4) is 5.75 Å². The Balaban J connectivity index is 1.70. The minimum absolute atomic E-state index is 0.112. The average molecular weight is 438 g/mol. The molecule has 2 N–H and O–H groups in total. The van der Waals surface area contributed by atoms with E-state index < -0.39 is 0 Å². The first-order valence-corrected chi connectivity index (χ1v) is 9.90. The number of rotatable bonds is 6. The number of benzene rings is 2. The average Bonchev–Trinajstić information content (AvgIpc) is 3.14. The van der Waals surface area contributed by atoms with E-state index in [1.54, 1.807) is 19.2 Å². The molecule has 0 radical (unpaired) electrons. The fourth-order valence-electron chi connectivity index (χ4n) is 3.22. The summed E-state index contributed by atoms with van der Waals surface area (Å²) in [5, 5.41) is 7.03. The zero-order valence-electron chi connectivity index (χ0n) is 14.6. The van der Waals surface area contributed by atoms with Gasteiger partial charge in [-0.3, -0.25) is 4.79 Å². The van der Waals surface area contributed by atoms with Crippen molar-refractivity contribution in [3.63, 3.8) is 0 Å². The highest BCUT2D eigenvalue weighted by Gasteiger charge is 2.18. The van der Waals surface area contributed by atoms with Gasteiger partial charge in [-0.25, -0.2) is 0 Å². The van der Waals surface area contributed by atoms with Gasteiger partial charge in [0.15, 0.2) is 0 Å².